The van der Waals surface area contributed by atoms with E-state index in [1.807, 2.05) is 6.08 Å². The molecular formula is C13H20O3. The molecule has 0 amide bonds. The first-order chi connectivity index (χ1) is 7.79. The van der Waals surface area contributed by atoms with Gasteiger partial charge in [0.15, 0.2) is 0 Å². The van der Waals surface area contributed by atoms with Crippen LogP contribution in [-0.2, 0) is 14.3 Å². The van der Waals surface area contributed by atoms with Crippen molar-refractivity contribution < 1.29 is 14.3 Å². The van der Waals surface area contributed by atoms with Crippen LogP contribution in [0.15, 0.2) is 12.2 Å². The van der Waals surface area contributed by atoms with Crippen molar-refractivity contribution in [3.8, 4) is 0 Å². The highest BCUT2D eigenvalue weighted by Crippen LogP contribution is 2.09. The molecule has 0 bridgehead atoms. The third-order valence-corrected chi connectivity index (χ3v) is 2.66. The second kappa shape index (κ2) is 8.08. The quantitative estimate of drug-likeness (QED) is 0.360. The average Bonchev–Trinajstić information content (AvgIpc) is 2.25. The van der Waals surface area contributed by atoms with Gasteiger partial charge in [-0.05, 0) is 25.7 Å². The van der Waals surface area contributed by atoms with Crippen LogP contribution in [0.1, 0.15) is 57.8 Å². The van der Waals surface area contributed by atoms with Crippen molar-refractivity contribution in [2.24, 2.45) is 0 Å². The molecule has 0 atom stereocenters. The van der Waals surface area contributed by atoms with E-state index in [9.17, 15) is 9.59 Å². The molecule has 0 aromatic heterocycles. The first-order valence-corrected chi connectivity index (χ1v) is 6.17. The summed E-state index contributed by atoms with van der Waals surface area (Å²) in [5, 5.41) is 0. The van der Waals surface area contributed by atoms with E-state index in [1.165, 1.54) is 12.8 Å². The summed E-state index contributed by atoms with van der Waals surface area (Å²) in [6.07, 6.45) is 12.0. The lowest BCUT2D eigenvalue weighted by Crippen LogP contribution is -2.11. The molecule has 1 heterocycles. The Balaban J connectivity index is 2.35. The Morgan fingerprint density at radius 2 is 1.38 bits per heavy atom. The predicted octanol–water partition coefficient (Wildman–Crippen LogP) is 3.14. The van der Waals surface area contributed by atoms with E-state index in [0.717, 1.165) is 25.7 Å². The van der Waals surface area contributed by atoms with E-state index in [2.05, 4.69) is 10.8 Å². The highest BCUT2D eigenvalue weighted by Gasteiger charge is 2.09. The fourth-order valence-corrected chi connectivity index (χ4v) is 1.73. The molecule has 0 spiro atoms. The van der Waals surface area contributed by atoms with Crippen molar-refractivity contribution in [3.05, 3.63) is 12.2 Å². The van der Waals surface area contributed by atoms with Crippen molar-refractivity contribution in [2.45, 2.75) is 57.8 Å². The van der Waals surface area contributed by atoms with Crippen LogP contribution in [0.5, 0.6) is 0 Å². The summed E-state index contributed by atoms with van der Waals surface area (Å²) < 4.78 is 4.68. The normalized spacial score (nSPS) is 23.2. The van der Waals surface area contributed by atoms with Crippen molar-refractivity contribution in [2.75, 3.05) is 0 Å². The van der Waals surface area contributed by atoms with Gasteiger partial charge in [-0.2, -0.15) is 0 Å². The van der Waals surface area contributed by atoms with E-state index in [-0.39, 0.29) is 5.97 Å². The molecule has 0 saturated carbocycles. The molecule has 1 aliphatic rings. The maximum atomic E-state index is 11.2. The molecule has 0 unspecified atom stereocenters. The molecule has 0 radical (unpaired) electrons. The number of hydrogen-bond acceptors (Lipinski definition) is 3. The van der Waals surface area contributed by atoms with Crippen LogP contribution in [0, 0.1) is 0 Å². The van der Waals surface area contributed by atoms with Crippen molar-refractivity contribution >= 4 is 11.9 Å². The summed E-state index contributed by atoms with van der Waals surface area (Å²) in [6, 6.07) is 0. The summed E-state index contributed by atoms with van der Waals surface area (Å²) in [6.45, 7) is 0. The summed E-state index contributed by atoms with van der Waals surface area (Å²) in [4.78, 5) is 22.4. The van der Waals surface area contributed by atoms with Crippen LogP contribution in [0.3, 0.4) is 0 Å². The molecule has 16 heavy (non-hydrogen) atoms. The third-order valence-electron chi connectivity index (χ3n) is 2.66. The third kappa shape index (κ3) is 6.38. The molecule has 0 aromatic carbocycles. The standard InChI is InChI=1S/C13H20O3/c14-12-10-8-6-4-2-1-3-5-7-9-11-13(15)16-12/h4,6H,1-3,5,7-11H2/b6-4-. The van der Waals surface area contributed by atoms with Gasteiger partial charge in [0.05, 0.1) is 0 Å². The predicted molar refractivity (Wildman–Crippen MR) is 61.8 cm³/mol. The van der Waals surface area contributed by atoms with Crippen molar-refractivity contribution in [3.63, 3.8) is 0 Å². The minimum atomic E-state index is -0.397. The molecule has 1 aliphatic heterocycles. The zero-order valence-corrected chi connectivity index (χ0v) is 9.74. The number of carbonyl (C=O) groups excluding carboxylic acids is 2. The van der Waals surface area contributed by atoms with E-state index >= 15 is 0 Å². The Labute approximate surface area is 96.9 Å². The van der Waals surface area contributed by atoms with E-state index in [0.29, 0.717) is 19.3 Å². The average molecular weight is 224 g/mol. The fraction of sp³-hybridized carbons (Fsp3) is 0.692. The highest BCUT2D eigenvalue weighted by molar-refractivity contribution is 5.85. The lowest BCUT2D eigenvalue weighted by molar-refractivity contribution is -0.159. The molecule has 0 fully saturated rings. The van der Waals surface area contributed by atoms with Crippen LogP contribution < -0.4 is 0 Å². The number of ether oxygens (including phenoxy) is 1. The molecule has 90 valence electrons. The number of cyclic esters (lactones) is 2. The van der Waals surface area contributed by atoms with E-state index in [4.69, 9.17) is 0 Å². The van der Waals surface area contributed by atoms with Gasteiger partial charge in [-0.3, -0.25) is 9.59 Å². The second-order valence-electron chi connectivity index (χ2n) is 4.16. The fourth-order valence-electron chi connectivity index (χ4n) is 1.73. The Kier molecular flexibility index (Phi) is 6.54. The Morgan fingerprint density at radius 3 is 2.25 bits per heavy atom. The Morgan fingerprint density at radius 1 is 0.750 bits per heavy atom. The Bertz CT molecular complexity index is 256. The molecule has 1 rings (SSSR count). The molecule has 0 saturated heterocycles. The van der Waals surface area contributed by atoms with E-state index in [1.54, 1.807) is 0 Å². The maximum absolute atomic E-state index is 11.2. The van der Waals surface area contributed by atoms with Gasteiger partial charge in [-0.1, -0.05) is 31.4 Å². The lowest BCUT2D eigenvalue weighted by Gasteiger charge is -2.03. The van der Waals surface area contributed by atoms with Gasteiger partial charge in [0.2, 0.25) is 0 Å². The van der Waals surface area contributed by atoms with Gasteiger partial charge < -0.3 is 4.74 Å². The lowest BCUT2D eigenvalue weighted by atomic mass is 10.1. The number of carbonyl (C=O) groups is 2. The van der Waals surface area contributed by atoms with Gasteiger partial charge >= 0.3 is 11.9 Å². The van der Waals surface area contributed by atoms with Gasteiger partial charge in [0.25, 0.3) is 0 Å². The van der Waals surface area contributed by atoms with Crippen LogP contribution >= 0.6 is 0 Å². The number of allylic oxidation sites excluding steroid dienone is 2. The smallest absolute Gasteiger partial charge is 0.313 e. The summed E-state index contributed by atoms with van der Waals surface area (Å²) in [7, 11) is 0. The SMILES string of the molecule is O=C1CC/C=C\CCCCCCCC(=O)O1. The zero-order chi connectivity index (χ0) is 11.6. The second-order valence-corrected chi connectivity index (χ2v) is 4.16. The minimum absolute atomic E-state index is 0.308. The molecule has 3 heteroatoms. The largest absolute Gasteiger partial charge is 0.393 e. The van der Waals surface area contributed by atoms with Gasteiger partial charge in [-0.15, -0.1) is 0 Å². The first kappa shape index (κ1) is 12.9. The van der Waals surface area contributed by atoms with Gasteiger partial charge in [-0.25, -0.2) is 0 Å². The van der Waals surface area contributed by atoms with Crippen LogP contribution in [-0.4, -0.2) is 11.9 Å². The minimum Gasteiger partial charge on any atom is -0.393 e. The topological polar surface area (TPSA) is 43.4 Å². The number of esters is 2. The summed E-state index contributed by atoms with van der Waals surface area (Å²) in [5.41, 5.74) is 0. The molecule has 0 N–H and O–H groups in total. The summed E-state index contributed by atoms with van der Waals surface area (Å²) >= 11 is 0. The Hall–Kier alpha value is -1.12. The van der Waals surface area contributed by atoms with Crippen molar-refractivity contribution in [1.82, 2.24) is 0 Å². The first-order valence-electron chi connectivity index (χ1n) is 6.17. The molecular weight excluding hydrogens is 204 g/mol. The number of rotatable bonds is 0. The van der Waals surface area contributed by atoms with Crippen LogP contribution in [0.4, 0.5) is 0 Å². The summed E-state index contributed by atoms with van der Waals surface area (Å²) in [5.74, 6) is -0.766. The zero-order valence-electron chi connectivity index (χ0n) is 9.74. The molecule has 3 nitrogen and oxygen atoms in total. The number of hydrogen-bond donors (Lipinski definition) is 0. The maximum Gasteiger partial charge on any atom is 0.313 e. The molecule has 0 aromatic rings. The molecule has 0 aliphatic carbocycles. The van der Waals surface area contributed by atoms with Gasteiger partial charge in [0, 0.05) is 12.8 Å². The van der Waals surface area contributed by atoms with E-state index < -0.39 is 5.97 Å². The van der Waals surface area contributed by atoms with Crippen LogP contribution in [0.25, 0.3) is 0 Å². The highest BCUT2D eigenvalue weighted by atomic mass is 16.6. The van der Waals surface area contributed by atoms with Gasteiger partial charge in [0.1, 0.15) is 0 Å². The monoisotopic (exact) mass is 224 g/mol. The van der Waals surface area contributed by atoms with Crippen molar-refractivity contribution in [1.29, 1.82) is 0 Å². The van der Waals surface area contributed by atoms with Crippen LogP contribution in [0.2, 0.25) is 0 Å².